The van der Waals surface area contributed by atoms with Crippen LogP contribution < -0.4 is 25.0 Å². The minimum atomic E-state index is 0. The lowest BCUT2D eigenvalue weighted by atomic mass is 10.2. The fourth-order valence-electron chi connectivity index (χ4n) is 4.23. The van der Waals surface area contributed by atoms with E-state index in [0.29, 0.717) is 18.1 Å². The maximum absolute atomic E-state index is 5.55. The molecule has 0 aliphatic carbocycles. The zero-order chi connectivity index (χ0) is 21.5. The molecule has 0 saturated carbocycles. The van der Waals surface area contributed by atoms with Crippen LogP contribution in [0.5, 0.6) is 11.5 Å². The summed E-state index contributed by atoms with van der Waals surface area (Å²) in [6.07, 6.45) is 1.05. The molecular weight excluding hydrogens is 509 g/mol. The summed E-state index contributed by atoms with van der Waals surface area (Å²) in [5.74, 6) is 2.48. The van der Waals surface area contributed by atoms with Crippen LogP contribution in [0.15, 0.2) is 23.2 Å². The minimum Gasteiger partial charge on any atom is -0.497 e. The van der Waals surface area contributed by atoms with Crippen molar-refractivity contribution < 1.29 is 14.2 Å². The second kappa shape index (κ2) is 12.5. The van der Waals surface area contributed by atoms with E-state index in [4.69, 9.17) is 14.2 Å². The summed E-state index contributed by atoms with van der Waals surface area (Å²) in [7, 11) is 5.19. The summed E-state index contributed by atoms with van der Waals surface area (Å²) in [5.41, 5.74) is 1.12. The molecule has 8 nitrogen and oxygen atoms in total. The molecule has 1 aromatic rings. The molecule has 0 bridgehead atoms. The summed E-state index contributed by atoms with van der Waals surface area (Å²) in [5, 5.41) is 7.09. The lowest BCUT2D eigenvalue weighted by molar-refractivity contribution is -0.0174. The van der Waals surface area contributed by atoms with Crippen LogP contribution in [0.1, 0.15) is 20.3 Å². The van der Waals surface area contributed by atoms with Crippen LogP contribution in [0.2, 0.25) is 0 Å². The zero-order valence-corrected chi connectivity index (χ0v) is 21.7. The van der Waals surface area contributed by atoms with Crippen molar-refractivity contribution in [1.29, 1.82) is 0 Å². The number of nitrogens with one attached hydrogen (secondary N) is 2. The van der Waals surface area contributed by atoms with Crippen LogP contribution in [0, 0.1) is 0 Å². The zero-order valence-electron chi connectivity index (χ0n) is 19.4. The molecule has 2 N–H and O–H groups in total. The standard InChI is InChI=1S/C22H37N5O3.HI/c1-16(27-8-9-30-15-17(27)2)13-24-22(23-3)25-18-6-7-26(14-18)19-10-20(28-4)12-21(11-19)29-5;/h10-12,16-18H,6-9,13-15H2,1-5H3,(H2,23,24,25);1H. The first kappa shape index (κ1) is 25.8. The van der Waals surface area contributed by atoms with Crippen molar-refractivity contribution in [2.75, 3.05) is 65.6 Å². The number of ether oxygens (including phenoxy) is 3. The second-order valence-electron chi connectivity index (χ2n) is 8.11. The van der Waals surface area contributed by atoms with Crippen molar-refractivity contribution in [3.8, 4) is 11.5 Å². The van der Waals surface area contributed by atoms with E-state index < -0.39 is 0 Å². The molecule has 3 rings (SSSR count). The van der Waals surface area contributed by atoms with Gasteiger partial charge < -0.3 is 29.7 Å². The van der Waals surface area contributed by atoms with E-state index in [9.17, 15) is 0 Å². The van der Waals surface area contributed by atoms with Crippen molar-refractivity contribution in [3.05, 3.63) is 18.2 Å². The lowest BCUT2D eigenvalue weighted by Crippen LogP contribution is -2.53. The first-order valence-electron chi connectivity index (χ1n) is 10.8. The molecule has 176 valence electrons. The summed E-state index contributed by atoms with van der Waals surface area (Å²) < 4.78 is 16.4. The number of halogens is 1. The molecule has 3 atom stereocenters. The summed E-state index contributed by atoms with van der Waals surface area (Å²) in [6, 6.07) is 7.23. The molecule has 0 spiro atoms. The molecule has 0 radical (unpaired) electrons. The Morgan fingerprint density at radius 2 is 1.94 bits per heavy atom. The first-order valence-corrected chi connectivity index (χ1v) is 10.8. The molecule has 2 fully saturated rings. The number of guanidine groups is 1. The summed E-state index contributed by atoms with van der Waals surface area (Å²) >= 11 is 0. The van der Waals surface area contributed by atoms with Gasteiger partial charge >= 0.3 is 0 Å². The van der Waals surface area contributed by atoms with Crippen LogP contribution in [0.3, 0.4) is 0 Å². The van der Waals surface area contributed by atoms with Crippen LogP contribution in [-0.4, -0.2) is 89.6 Å². The van der Waals surface area contributed by atoms with Crippen molar-refractivity contribution in [3.63, 3.8) is 0 Å². The highest BCUT2D eigenvalue weighted by Gasteiger charge is 2.26. The van der Waals surface area contributed by atoms with Gasteiger partial charge in [-0.25, -0.2) is 0 Å². The molecule has 2 aliphatic rings. The Morgan fingerprint density at radius 3 is 2.55 bits per heavy atom. The van der Waals surface area contributed by atoms with E-state index in [0.717, 1.165) is 69.0 Å². The van der Waals surface area contributed by atoms with Crippen molar-refractivity contribution >= 4 is 35.6 Å². The number of nitrogens with zero attached hydrogens (tertiary/aromatic N) is 3. The average molecular weight is 547 g/mol. The highest BCUT2D eigenvalue weighted by molar-refractivity contribution is 14.0. The van der Waals surface area contributed by atoms with Gasteiger partial charge in [0.1, 0.15) is 11.5 Å². The number of rotatable bonds is 7. The fourth-order valence-corrected chi connectivity index (χ4v) is 4.23. The lowest BCUT2D eigenvalue weighted by Gasteiger charge is -2.38. The fraction of sp³-hybridized carbons (Fsp3) is 0.682. The third kappa shape index (κ3) is 7.01. The molecule has 2 aliphatic heterocycles. The number of methoxy groups -OCH3 is 2. The minimum absolute atomic E-state index is 0. The Morgan fingerprint density at radius 1 is 1.23 bits per heavy atom. The number of anilines is 1. The molecule has 9 heteroatoms. The van der Waals surface area contributed by atoms with Crippen molar-refractivity contribution in [1.82, 2.24) is 15.5 Å². The molecular formula is C22H38IN5O3. The van der Waals surface area contributed by atoms with Gasteiger partial charge in [-0.05, 0) is 20.3 Å². The summed E-state index contributed by atoms with van der Waals surface area (Å²) in [6.45, 7) is 9.84. The third-order valence-corrected chi connectivity index (χ3v) is 6.00. The topological polar surface area (TPSA) is 70.6 Å². The SMILES string of the molecule is CN=C(NCC(C)N1CCOCC1C)NC1CCN(c2cc(OC)cc(OC)c2)C1.I. The van der Waals surface area contributed by atoms with E-state index in [2.05, 4.69) is 51.4 Å². The Balaban J connectivity index is 0.00000341. The van der Waals surface area contributed by atoms with Gasteiger partial charge in [0.2, 0.25) is 0 Å². The van der Waals surface area contributed by atoms with E-state index in [1.165, 1.54) is 0 Å². The monoisotopic (exact) mass is 547 g/mol. The predicted octanol–water partition coefficient (Wildman–Crippen LogP) is 2.17. The van der Waals surface area contributed by atoms with Gasteiger partial charge in [-0.2, -0.15) is 0 Å². The van der Waals surface area contributed by atoms with Gasteiger partial charge in [0.05, 0.1) is 27.4 Å². The smallest absolute Gasteiger partial charge is 0.191 e. The Bertz CT molecular complexity index is 698. The van der Waals surface area contributed by atoms with Gasteiger partial charge in [-0.1, -0.05) is 0 Å². The number of hydrogen-bond acceptors (Lipinski definition) is 6. The molecule has 3 unspecified atom stereocenters. The molecule has 2 heterocycles. The van der Waals surface area contributed by atoms with E-state index in [1.54, 1.807) is 14.2 Å². The van der Waals surface area contributed by atoms with Gasteiger partial charge in [0.15, 0.2) is 5.96 Å². The van der Waals surface area contributed by atoms with E-state index >= 15 is 0 Å². The first-order chi connectivity index (χ1) is 14.5. The van der Waals surface area contributed by atoms with Gasteiger partial charge in [0, 0.05) is 75.2 Å². The molecule has 0 aromatic heterocycles. The Hall–Kier alpha value is -1.46. The average Bonchev–Trinajstić information content (AvgIpc) is 3.24. The highest BCUT2D eigenvalue weighted by atomic mass is 127. The molecule has 2 saturated heterocycles. The second-order valence-corrected chi connectivity index (χ2v) is 8.11. The Labute approximate surface area is 203 Å². The van der Waals surface area contributed by atoms with Crippen LogP contribution in [-0.2, 0) is 4.74 Å². The van der Waals surface area contributed by atoms with Gasteiger partial charge in [-0.15, -0.1) is 24.0 Å². The molecule has 1 aromatic carbocycles. The van der Waals surface area contributed by atoms with E-state index in [1.807, 2.05) is 13.1 Å². The highest BCUT2D eigenvalue weighted by Crippen LogP contribution is 2.30. The normalized spacial score (nSPS) is 23.1. The number of aliphatic imine (C=N–C) groups is 1. The van der Waals surface area contributed by atoms with E-state index in [-0.39, 0.29) is 24.0 Å². The van der Waals surface area contributed by atoms with Crippen molar-refractivity contribution in [2.24, 2.45) is 4.99 Å². The van der Waals surface area contributed by atoms with Crippen LogP contribution in [0.25, 0.3) is 0 Å². The van der Waals surface area contributed by atoms with Gasteiger partial charge in [-0.3, -0.25) is 9.89 Å². The quantitative estimate of drug-likeness (QED) is 0.308. The molecule has 31 heavy (non-hydrogen) atoms. The number of hydrogen-bond donors (Lipinski definition) is 2. The van der Waals surface area contributed by atoms with Gasteiger partial charge in [0.25, 0.3) is 0 Å². The predicted molar refractivity (Wildman–Crippen MR) is 137 cm³/mol. The largest absolute Gasteiger partial charge is 0.497 e. The van der Waals surface area contributed by atoms with Crippen molar-refractivity contribution in [2.45, 2.75) is 38.4 Å². The third-order valence-electron chi connectivity index (χ3n) is 6.00. The van der Waals surface area contributed by atoms with Crippen LogP contribution in [0.4, 0.5) is 5.69 Å². The Kier molecular flexibility index (Phi) is 10.4. The number of morpholine rings is 1. The maximum atomic E-state index is 5.55. The number of benzene rings is 1. The molecule has 0 amide bonds. The maximum Gasteiger partial charge on any atom is 0.191 e. The summed E-state index contributed by atoms with van der Waals surface area (Å²) in [4.78, 5) is 9.29. The van der Waals surface area contributed by atoms with Crippen LogP contribution >= 0.6 is 24.0 Å².